The van der Waals surface area contributed by atoms with E-state index in [-0.39, 0.29) is 23.9 Å². The van der Waals surface area contributed by atoms with Gasteiger partial charge in [-0.2, -0.15) is 0 Å². The number of nitrogens with zero attached hydrogens (tertiary/aromatic N) is 1. The monoisotopic (exact) mass is 457 g/mol. The third-order valence-electron chi connectivity index (χ3n) is 3.41. The van der Waals surface area contributed by atoms with E-state index in [1.165, 1.54) is 25.3 Å². The first-order valence-electron chi connectivity index (χ1n) is 7.83. The van der Waals surface area contributed by atoms with E-state index in [9.17, 15) is 14.9 Å². The van der Waals surface area contributed by atoms with Gasteiger partial charge in [0.25, 0.3) is 5.69 Å². The highest BCUT2D eigenvalue weighted by Gasteiger charge is 2.15. The smallest absolute Gasteiger partial charge is 0.273 e. The van der Waals surface area contributed by atoms with Crippen molar-refractivity contribution in [1.29, 1.82) is 0 Å². The Morgan fingerprint density at radius 1 is 1.30 bits per heavy atom. The number of anilines is 2. The van der Waals surface area contributed by atoms with Gasteiger partial charge in [-0.3, -0.25) is 14.9 Å². The van der Waals surface area contributed by atoms with Crippen LogP contribution in [0.5, 0.6) is 11.5 Å². The second-order valence-corrected chi connectivity index (χ2v) is 6.53. The zero-order chi connectivity index (χ0) is 20.0. The molecule has 0 atom stereocenters. The topological polar surface area (TPSA) is 103 Å². The molecule has 0 aliphatic rings. The number of ether oxygens (including phenoxy) is 2. The lowest BCUT2D eigenvalue weighted by atomic mass is 10.2. The van der Waals surface area contributed by atoms with Crippen LogP contribution in [0.4, 0.5) is 17.1 Å². The molecule has 0 radical (unpaired) electrons. The molecular weight excluding hydrogens is 442 g/mol. The first-order chi connectivity index (χ1) is 12.8. The van der Waals surface area contributed by atoms with Crippen molar-refractivity contribution in [2.24, 2.45) is 0 Å². The Kier molecular flexibility index (Phi) is 7.26. The van der Waals surface area contributed by atoms with Crippen molar-refractivity contribution < 1.29 is 19.2 Å². The molecule has 0 heterocycles. The van der Waals surface area contributed by atoms with E-state index < -0.39 is 4.92 Å². The molecule has 10 heteroatoms. The predicted octanol–water partition coefficient (Wildman–Crippen LogP) is 4.47. The second-order valence-electron chi connectivity index (χ2n) is 5.24. The van der Waals surface area contributed by atoms with Gasteiger partial charge in [0.05, 0.1) is 47.1 Å². The van der Waals surface area contributed by atoms with Crippen LogP contribution in [0.1, 0.15) is 6.92 Å². The number of hydrogen-bond acceptors (Lipinski definition) is 6. The highest BCUT2D eigenvalue weighted by Crippen LogP contribution is 2.36. The Balaban J connectivity index is 2.10. The van der Waals surface area contributed by atoms with Crippen LogP contribution in [0, 0.1) is 10.1 Å². The van der Waals surface area contributed by atoms with E-state index >= 15 is 0 Å². The molecule has 0 fully saturated rings. The quantitative estimate of drug-likeness (QED) is 0.447. The lowest BCUT2D eigenvalue weighted by molar-refractivity contribution is -0.384. The molecule has 0 aromatic heterocycles. The van der Waals surface area contributed by atoms with Crippen LogP contribution in [0.15, 0.2) is 34.8 Å². The summed E-state index contributed by atoms with van der Waals surface area (Å²) in [5, 5.41) is 16.9. The van der Waals surface area contributed by atoms with Crippen LogP contribution in [-0.2, 0) is 4.79 Å². The van der Waals surface area contributed by atoms with E-state index in [2.05, 4.69) is 26.6 Å². The van der Waals surface area contributed by atoms with Crippen molar-refractivity contribution in [3.63, 3.8) is 0 Å². The van der Waals surface area contributed by atoms with Gasteiger partial charge in [-0.15, -0.1) is 0 Å². The number of nitrogens with one attached hydrogen (secondary N) is 2. The number of carbonyl (C=O) groups excluding carboxylic acids is 1. The van der Waals surface area contributed by atoms with Gasteiger partial charge < -0.3 is 20.1 Å². The van der Waals surface area contributed by atoms with Crippen LogP contribution in [-0.4, -0.2) is 31.1 Å². The third kappa shape index (κ3) is 5.48. The fourth-order valence-electron chi connectivity index (χ4n) is 2.25. The first-order valence-corrected chi connectivity index (χ1v) is 9.00. The summed E-state index contributed by atoms with van der Waals surface area (Å²) in [6.45, 7) is 2.21. The normalized spacial score (nSPS) is 10.2. The summed E-state index contributed by atoms with van der Waals surface area (Å²) >= 11 is 9.43. The number of hydrogen-bond donors (Lipinski definition) is 2. The van der Waals surface area contributed by atoms with Crippen molar-refractivity contribution in [3.8, 4) is 11.5 Å². The van der Waals surface area contributed by atoms with Crippen LogP contribution < -0.4 is 20.1 Å². The number of halogens is 2. The molecule has 0 aliphatic carbocycles. The zero-order valence-electron chi connectivity index (χ0n) is 14.5. The Morgan fingerprint density at radius 2 is 2.04 bits per heavy atom. The molecule has 2 N–H and O–H groups in total. The first kappa shape index (κ1) is 20.8. The van der Waals surface area contributed by atoms with Gasteiger partial charge in [-0.25, -0.2) is 0 Å². The summed E-state index contributed by atoms with van der Waals surface area (Å²) in [7, 11) is 1.37. The number of methoxy groups -OCH3 is 1. The molecule has 8 nitrogen and oxygen atoms in total. The maximum Gasteiger partial charge on any atom is 0.273 e. The summed E-state index contributed by atoms with van der Waals surface area (Å²) < 4.78 is 11.3. The lowest BCUT2D eigenvalue weighted by Crippen LogP contribution is -2.22. The zero-order valence-corrected chi connectivity index (χ0v) is 16.9. The molecule has 2 aromatic rings. The minimum absolute atomic E-state index is 0.0764. The van der Waals surface area contributed by atoms with Crippen molar-refractivity contribution in [2.75, 3.05) is 30.9 Å². The average Bonchev–Trinajstić information content (AvgIpc) is 2.62. The Labute approximate surface area is 169 Å². The maximum absolute atomic E-state index is 12.3. The van der Waals surface area contributed by atoms with Gasteiger partial charge in [0.2, 0.25) is 5.91 Å². The van der Waals surface area contributed by atoms with E-state index in [1.54, 1.807) is 12.1 Å². The molecular formula is C17H17BrClN3O5. The third-order valence-corrected chi connectivity index (χ3v) is 4.21. The SMILES string of the molecule is CCOc1c(Br)cc(Cl)cc1NCC(=O)Nc1ccc([N+](=O)[O-])cc1OC. The fourth-order valence-corrected chi connectivity index (χ4v) is 3.17. The number of carbonyl (C=O) groups is 1. The molecule has 1 amide bonds. The van der Waals surface area contributed by atoms with Gasteiger partial charge in [0.15, 0.2) is 5.75 Å². The largest absolute Gasteiger partial charge is 0.494 e. The van der Waals surface area contributed by atoms with Gasteiger partial charge >= 0.3 is 0 Å². The Morgan fingerprint density at radius 3 is 2.67 bits per heavy atom. The fraction of sp³-hybridized carbons (Fsp3) is 0.235. The summed E-state index contributed by atoms with van der Waals surface area (Å²) in [5.41, 5.74) is 0.752. The van der Waals surface area contributed by atoms with Crippen LogP contribution in [0.3, 0.4) is 0 Å². The number of nitro groups is 1. The number of non-ortho nitro benzene ring substituents is 1. The summed E-state index contributed by atoms with van der Waals surface area (Å²) in [6.07, 6.45) is 0. The van der Waals surface area contributed by atoms with Gasteiger partial charge in [0.1, 0.15) is 5.75 Å². The number of amides is 1. The van der Waals surface area contributed by atoms with Crippen LogP contribution in [0.25, 0.3) is 0 Å². The van der Waals surface area contributed by atoms with Gasteiger partial charge in [0, 0.05) is 11.1 Å². The minimum Gasteiger partial charge on any atom is -0.494 e. The average molecular weight is 459 g/mol. The molecule has 0 saturated heterocycles. The van der Waals surface area contributed by atoms with Gasteiger partial charge in [-0.1, -0.05) is 11.6 Å². The Bertz CT molecular complexity index is 863. The molecule has 144 valence electrons. The van der Waals surface area contributed by atoms with E-state index in [0.29, 0.717) is 33.2 Å². The van der Waals surface area contributed by atoms with Gasteiger partial charge in [-0.05, 0) is 41.1 Å². The molecule has 0 bridgehead atoms. The molecule has 2 aromatic carbocycles. The van der Waals surface area contributed by atoms with Crippen LogP contribution >= 0.6 is 27.5 Å². The van der Waals surface area contributed by atoms with Crippen molar-refractivity contribution in [2.45, 2.75) is 6.92 Å². The van der Waals surface area contributed by atoms with E-state index in [1.807, 2.05) is 6.92 Å². The maximum atomic E-state index is 12.3. The summed E-state index contributed by atoms with van der Waals surface area (Å²) in [6, 6.07) is 7.28. The number of nitro benzene ring substituents is 1. The number of benzene rings is 2. The Hall–Kier alpha value is -2.52. The van der Waals surface area contributed by atoms with Crippen molar-refractivity contribution in [1.82, 2.24) is 0 Å². The molecule has 2 rings (SSSR count). The highest BCUT2D eigenvalue weighted by atomic mass is 79.9. The van der Waals surface area contributed by atoms with E-state index in [4.69, 9.17) is 21.1 Å². The van der Waals surface area contributed by atoms with Crippen molar-refractivity contribution in [3.05, 3.63) is 49.9 Å². The second kappa shape index (κ2) is 9.43. The van der Waals surface area contributed by atoms with E-state index in [0.717, 1.165) is 0 Å². The molecule has 27 heavy (non-hydrogen) atoms. The molecule has 0 unspecified atom stereocenters. The molecule has 0 saturated carbocycles. The standard InChI is InChI=1S/C17H17BrClN3O5/c1-3-27-17-12(18)6-10(19)7-14(17)20-9-16(23)21-13-5-4-11(22(24)25)8-15(13)26-2/h4-8,20H,3,9H2,1-2H3,(H,21,23). The summed E-state index contributed by atoms with van der Waals surface area (Å²) in [5.74, 6) is 0.362. The minimum atomic E-state index is -0.540. The lowest BCUT2D eigenvalue weighted by Gasteiger charge is -2.15. The van der Waals surface area contributed by atoms with Crippen molar-refractivity contribution >= 4 is 50.5 Å². The summed E-state index contributed by atoms with van der Waals surface area (Å²) in [4.78, 5) is 22.6. The predicted molar refractivity (Wildman–Crippen MR) is 107 cm³/mol. The highest BCUT2D eigenvalue weighted by molar-refractivity contribution is 9.10. The number of rotatable bonds is 8. The van der Waals surface area contributed by atoms with Crippen LogP contribution in [0.2, 0.25) is 5.02 Å². The molecule has 0 aliphatic heterocycles. The molecule has 0 spiro atoms.